The van der Waals surface area contributed by atoms with E-state index in [1.807, 2.05) is 13.8 Å². The van der Waals surface area contributed by atoms with E-state index in [0.717, 1.165) is 6.42 Å². The molecule has 8 nitrogen and oxygen atoms in total. The quantitative estimate of drug-likeness (QED) is 0.826. The van der Waals surface area contributed by atoms with Crippen molar-refractivity contribution in [3.05, 3.63) is 17.5 Å². The zero-order valence-corrected chi connectivity index (χ0v) is 14.6. The van der Waals surface area contributed by atoms with Crippen molar-refractivity contribution in [3.8, 4) is 0 Å². The van der Waals surface area contributed by atoms with E-state index in [1.165, 1.54) is 19.5 Å². The molecule has 2 heterocycles. The van der Waals surface area contributed by atoms with Crippen LogP contribution in [0.1, 0.15) is 48.7 Å². The van der Waals surface area contributed by atoms with Gasteiger partial charge in [-0.3, -0.25) is 4.68 Å². The molecule has 1 fully saturated rings. The van der Waals surface area contributed by atoms with Gasteiger partial charge >= 0.3 is 5.97 Å². The molecule has 1 aromatic heterocycles. The van der Waals surface area contributed by atoms with E-state index < -0.39 is 16.2 Å². The predicted octanol–water partition coefficient (Wildman–Crippen LogP) is 0.884. The lowest BCUT2D eigenvalue weighted by Crippen LogP contribution is -2.47. The summed E-state index contributed by atoms with van der Waals surface area (Å²) in [6.07, 6.45) is 2.90. The third kappa shape index (κ3) is 3.56. The number of nitrogens with zero attached hydrogens (tertiary/aromatic N) is 4. The summed E-state index contributed by atoms with van der Waals surface area (Å²) in [5.41, 5.74) is 0.624. The van der Waals surface area contributed by atoms with Gasteiger partial charge in [-0.2, -0.15) is 22.1 Å². The van der Waals surface area contributed by atoms with Crippen LogP contribution in [0.2, 0.25) is 0 Å². The number of rotatable bonds is 6. The Morgan fingerprint density at radius 1 is 1.43 bits per heavy atom. The van der Waals surface area contributed by atoms with Gasteiger partial charge in [0.05, 0.1) is 5.69 Å². The number of hydrogen-bond acceptors (Lipinski definition) is 4. The van der Waals surface area contributed by atoms with Gasteiger partial charge in [-0.05, 0) is 12.8 Å². The summed E-state index contributed by atoms with van der Waals surface area (Å²) < 4.78 is 29.7. The van der Waals surface area contributed by atoms with Gasteiger partial charge in [0.15, 0.2) is 0 Å². The molecular formula is C14H24N4O4S. The van der Waals surface area contributed by atoms with Crippen LogP contribution in [0.3, 0.4) is 0 Å². The first kappa shape index (κ1) is 17.9. The Morgan fingerprint density at radius 3 is 2.65 bits per heavy atom. The maximum atomic E-state index is 12.7. The third-order valence-corrected chi connectivity index (χ3v) is 6.37. The second-order valence-electron chi connectivity index (χ2n) is 5.70. The standard InChI is InChI=1S/C14H24N4O4S/c1-4-17(5-2)23(21,22)18-8-6-7-11(9-18)13-12(14(19)20)10-16(3)15-13/h10-11H,4-9H2,1-3H3,(H,19,20). The zero-order valence-electron chi connectivity index (χ0n) is 13.8. The van der Waals surface area contributed by atoms with Crippen LogP contribution in [-0.4, -0.2) is 64.1 Å². The van der Waals surface area contributed by atoms with E-state index in [4.69, 9.17) is 0 Å². The fraction of sp³-hybridized carbons (Fsp3) is 0.714. The molecule has 1 aliphatic heterocycles. The van der Waals surface area contributed by atoms with Gasteiger partial charge in [0.2, 0.25) is 0 Å². The van der Waals surface area contributed by atoms with Crippen LogP contribution in [0, 0.1) is 0 Å². The van der Waals surface area contributed by atoms with E-state index in [2.05, 4.69) is 5.10 Å². The van der Waals surface area contributed by atoms with Crippen LogP contribution in [-0.2, 0) is 17.3 Å². The Hall–Kier alpha value is -1.45. The average molecular weight is 344 g/mol. The highest BCUT2D eigenvalue weighted by atomic mass is 32.2. The lowest BCUT2D eigenvalue weighted by atomic mass is 9.94. The number of aromatic nitrogens is 2. The fourth-order valence-corrected chi connectivity index (χ4v) is 4.77. The van der Waals surface area contributed by atoms with Gasteiger partial charge < -0.3 is 5.11 Å². The van der Waals surface area contributed by atoms with Gasteiger partial charge in [0.25, 0.3) is 10.2 Å². The summed E-state index contributed by atoms with van der Waals surface area (Å²) in [7, 11) is -1.84. The molecule has 1 N–H and O–H groups in total. The molecular weight excluding hydrogens is 320 g/mol. The van der Waals surface area contributed by atoms with Gasteiger partial charge in [-0.25, -0.2) is 4.79 Å². The highest BCUT2D eigenvalue weighted by Crippen LogP contribution is 2.30. The van der Waals surface area contributed by atoms with E-state index in [-0.39, 0.29) is 18.0 Å². The predicted molar refractivity (Wildman–Crippen MR) is 85.6 cm³/mol. The van der Waals surface area contributed by atoms with Crippen LogP contribution in [0.15, 0.2) is 6.20 Å². The Balaban J connectivity index is 2.27. The van der Waals surface area contributed by atoms with Crippen LogP contribution in [0.5, 0.6) is 0 Å². The molecule has 23 heavy (non-hydrogen) atoms. The molecule has 9 heteroatoms. The van der Waals surface area contributed by atoms with Crippen LogP contribution in [0.4, 0.5) is 0 Å². The monoisotopic (exact) mass is 344 g/mol. The van der Waals surface area contributed by atoms with Crippen molar-refractivity contribution in [1.82, 2.24) is 18.4 Å². The highest BCUT2D eigenvalue weighted by Gasteiger charge is 2.35. The van der Waals surface area contributed by atoms with Gasteiger partial charge in [0, 0.05) is 45.3 Å². The van der Waals surface area contributed by atoms with E-state index >= 15 is 0 Å². The van der Waals surface area contributed by atoms with E-state index in [9.17, 15) is 18.3 Å². The van der Waals surface area contributed by atoms with Gasteiger partial charge in [-0.15, -0.1) is 0 Å². The maximum absolute atomic E-state index is 12.7. The molecule has 1 aromatic rings. The van der Waals surface area contributed by atoms with Crippen LogP contribution >= 0.6 is 0 Å². The van der Waals surface area contributed by atoms with Crippen molar-refractivity contribution < 1.29 is 18.3 Å². The Bertz CT molecular complexity index is 666. The lowest BCUT2D eigenvalue weighted by molar-refractivity contribution is 0.0694. The minimum absolute atomic E-state index is 0.152. The Morgan fingerprint density at radius 2 is 2.09 bits per heavy atom. The summed E-state index contributed by atoms with van der Waals surface area (Å²) in [5.74, 6) is -1.22. The van der Waals surface area contributed by atoms with Gasteiger partial charge in [0.1, 0.15) is 5.56 Å². The number of carboxylic acid groups (broad SMARTS) is 1. The molecule has 1 aliphatic rings. The van der Waals surface area contributed by atoms with E-state index in [0.29, 0.717) is 31.7 Å². The first-order chi connectivity index (χ1) is 10.8. The summed E-state index contributed by atoms with van der Waals surface area (Å²) in [6, 6.07) is 0. The molecule has 1 atom stereocenters. The highest BCUT2D eigenvalue weighted by molar-refractivity contribution is 7.86. The molecule has 0 amide bonds. The molecule has 0 bridgehead atoms. The third-order valence-electron chi connectivity index (χ3n) is 4.22. The fourth-order valence-electron chi connectivity index (χ4n) is 3.06. The average Bonchev–Trinajstić information content (AvgIpc) is 2.91. The van der Waals surface area contributed by atoms with Crippen molar-refractivity contribution in [1.29, 1.82) is 0 Å². The normalized spacial score (nSPS) is 20.1. The Labute approximate surface area is 136 Å². The summed E-state index contributed by atoms with van der Waals surface area (Å²) in [5, 5.41) is 13.6. The van der Waals surface area contributed by atoms with Crippen molar-refractivity contribution in [2.75, 3.05) is 26.2 Å². The second-order valence-corrected chi connectivity index (χ2v) is 7.62. The van der Waals surface area contributed by atoms with Crippen LogP contribution in [0.25, 0.3) is 0 Å². The van der Waals surface area contributed by atoms with Crippen molar-refractivity contribution in [3.63, 3.8) is 0 Å². The first-order valence-electron chi connectivity index (χ1n) is 7.83. The molecule has 0 spiro atoms. The molecule has 0 saturated carbocycles. The van der Waals surface area contributed by atoms with Gasteiger partial charge in [-0.1, -0.05) is 13.8 Å². The van der Waals surface area contributed by atoms with Crippen molar-refractivity contribution in [2.45, 2.75) is 32.6 Å². The SMILES string of the molecule is CCN(CC)S(=O)(=O)N1CCCC(c2nn(C)cc2C(=O)O)C1. The number of piperidine rings is 1. The summed E-state index contributed by atoms with van der Waals surface area (Å²) in [4.78, 5) is 11.4. The van der Waals surface area contributed by atoms with Crippen molar-refractivity contribution >= 4 is 16.2 Å². The lowest BCUT2D eigenvalue weighted by Gasteiger charge is -2.34. The van der Waals surface area contributed by atoms with Crippen molar-refractivity contribution in [2.24, 2.45) is 7.05 Å². The molecule has 1 saturated heterocycles. The minimum Gasteiger partial charge on any atom is -0.478 e. The molecule has 0 aliphatic carbocycles. The second kappa shape index (κ2) is 6.98. The molecule has 1 unspecified atom stereocenters. The largest absolute Gasteiger partial charge is 0.478 e. The topological polar surface area (TPSA) is 95.7 Å². The van der Waals surface area contributed by atoms with E-state index in [1.54, 1.807) is 7.05 Å². The molecule has 0 aromatic carbocycles. The maximum Gasteiger partial charge on any atom is 0.339 e. The Kier molecular flexibility index (Phi) is 5.43. The molecule has 130 valence electrons. The summed E-state index contributed by atoms with van der Waals surface area (Å²) >= 11 is 0. The first-order valence-corrected chi connectivity index (χ1v) is 9.23. The molecule has 2 rings (SSSR count). The number of aryl methyl sites for hydroxylation is 1. The number of hydrogen-bond donors (Lipinski definition) is 1. The minimum atomic E-state index is -3.51. The number of aromatic carboxylic acids is 1. The van der Waals surface area contributed by atoms with Crippen LogP contribution < -0.4 is 0 Å². The smallest absolute Gasteiger partial charge is 0.339 e. The number of carboxylic acids is 1. The summed E-state index contributed by atoms with van der Waals surface area (Å²) in [6.45, 7) is 5.20. The molecule has 0 radical (unpaired) electrons. The number of carbonyl (C=O) groups is 1. The zero-order chi connectivity index (χ0) is 17.2.